The second-order valence-corrected chi connectivity index (χ2v) is 6.20. The molecular weight excluding hydrogens is 330 g/mol. The first-order valence-electron chi connectivity index (χ1n) is 8.64. The van der Waals surface area contributed by atoms with E-state index >= 15 is 0 Å². The second-order valence-electron chi connectivity index (χ2n) is 6.20. The smallest absolute Gasteiger partial charge is 0.408 e. The summed E-state index contributed by atoms with van der Waals surface area (Å²) < 4.78 is 10.4. The third-order valence-corrected chi connectivity index (χ3v) is 4.02. The van der Waals surface area contributed by atoms with E-state index in [1.54, 1.807) is 6.92 Å². The standard InChI is InChI=1S/C21H25NO4/c1-5-25-20(23)19(18-15(3)11-14(2)12-16(18)4)22-21(24)26-13-17-9-7-6-8-10-17/h6-12,19H,5,13H2,1-4H3,(H,22,24). The first-order chi connectivity index (χ1) is 12.4. The number of esters is 1. The van der Waals surface area contributed by atoms with Crippen molar-refractivity contribution < 1.29 is 19.1 Å². The Morgan fingerprint density at radius 2 is 1.62 bits per heavy atom. The lowest BCUT2D eigenvalue weighted by atomic mass is 9.94. The Morgan fingerprint density at radius 3 is 2.19 bits per heavy atom. The maximum absolute atomic E-state index is 12.5. The molecule has 0 aromatic heterocycles. The van der Waals surface area contributed by atoms with E-state index in [-0.39, 0.29) is 13.2 Å². The van der Waals surface area contributed by atoms with Crippen LogP contribution in [0.25, 0.3) is 0 Å². The van der Waals surface area contributed by atoms with Gasteiger partial charge in [-0.05, 0) is 49.9 Å². The molecule has 5 nitrogen and oxygen atoms in total. The summed E-state index contributed by atoms with van der Waals surface area (Å²) in [5.74, 6) is -0.501. The number of hydrogen-bond donors (Lipinski definition) is 1. The highest BCUT2D eigenvalue weighted by Gasteiger charge is 2.28. The van der Waals surface area contributed by atoms with Crippen molar-refractivity contribution in [3.63, 3.8) is 0 Å². The van der Waals surface area contributed by atoms with Gasteiger partial charge in [0.25, 0.3) is 0 Å². The Labute approximate surface area is 154 Å². The molecule has 0 saturated heterocycles. The first-order valence-corrected chi connectivity index (χ1v) is 8.64. The topological polar surface area (TPSA) is 64.6 Å². The fraction of sp³-hybridized carbons (Fsp3) is 0.333. The predicted molar refractivity (Wildman–Crippen MR) is 99.8 cm³/mol. The van der Waals surface area contributed by atoms with E-state index in [0.717, 1.165) is 27.8 Å². The SMILES string of the molecule is CCOC(=O)C(NC(=O)OCc1ccccc1)c1c(C)cc(C)cc1C. The van der Waals surface area contributed by atoms with Crippen molar-refractivity contribution in [3.05, 3.63) is 70.3 Å². The number of carbonyl (C=O) groups excluding carboxylic acids is 2. The molecule has 1 atom stereocenters. The fourth-order valence-corrected chi connectivity index (χ4v) is 3.00. The minimum atomic E-state index is -0.904. The average molecular weight is 355 g/mol. The molecule has 5 heteroatoms. The van der Waals surface area contributed by atoms with Gasteiger partial charge in [0.2, 0.25) is 0 Å². The summed E-state index contributed by atoms with van der Waals surface area (Å²) in [6, 6.07) is 12.4. The molecule has 2 rings (SSSR count). The Hall–Kier alpha value is -2.82. The molecule has 0 radical (unpaired) electrons. The third kappa shape index (κ3) is 5.09. The van der Waals surface area contributed by atoms with Crippen LogP contribution in [0.4, 0.5) is 4.79 Å². The summed E-state index contributed by atoms with van der Waals surface area (Å²) in [5.41, 5.74) is 4.55. The van der Waals surface area contributed by atoms with Gasteiger partial charge in [0.1, 0.15) is 6.61 Å². The van der Waals surface area contributed by atoms with E-state index in [2.05, 4.69) is 5.32 Å². The maximum atomic E-state index is 12.5. The van der Waals surface area contributed by atoms with E-state index in [0.29, 0.717) is 0 Å². The molecule has 0 aliphatic rings. The molecule has 1 unspecified atom stereocenters. The van der Waals surface area contributed by atoms with Crippen molar-refractivity contribution in [2.45, 2.75) is 40.3 Å². The molecule has 0 spiro atoms. The predicted octanol–water partition coefficient (Wildman–Crippen LogP) is 4.14. The van der Waals surface area contributed by atoms with Crippen LogP contribution < -0.4 is 5.32 Å². The van der Waals surface area contributed by atoms with Gasteiger partial charge in [-0.2, -0.15) is 0 Å². The molecule has 0 heterocycles. The summed E-state index contributed by atoms with van der Waals surface area (Å²) in [6.07, 6.45) is -0.661. The highest BCUT2D eigenvalue weighted by molar-refractivity contribution is 5.83. The Bertz CT molecular complexity index is 748. The summed E-state index contributed by atoms with van der Waals surface area (Å²) in [7, 11) is 0. The summed E-state index contributed by atoms with van der Waals surface area (Å²) in [5, 5.41) is 2.65. The summed E-state index contributed by atoms with van der Waals surface area (Å²) >= 11 is 0. The number of benzene rings is 2. The van der Waals surface area contributed by atoms with Crippen molar-refractivity contribution in [2.24, 2.45) is 0 Å². The molecular formula is C21H25NO4. The zero-order valence-electron chi connectivity index (χ0n) is 15.7. The Kier molecular flexibility index (Phi) is 6.78. The van der Waals surface area contributed by atoms with Crippen LogP contribution in [0.15, 0.2) is 42.5 Å². The van der Waals surface area contributed by atoms with Crippen molar-refractivity contribution in [1.29, 1.82) is 0 Å². The van der Waals surface area contributed by atoms with Crippen molar-refractivity contribution >= 4 is 12.1 Å². The molecule has 2 aromatic rings. The van der Waals surface area contributed by atoms with E-state index in [4.69, 9.17) is 9.47 Å². The van der Waals surface area contributed by atoms with Gasteiger partial charge in [0.15, 0.2) is 6.04 Å². The van der Waals surface area contributed by atoms with E-state index < -0.39 is 18.1 Å². The average Bonchev–Trinajstić information content (AvgIpc) is 2.59. The molecule has 1 amide bonds. The van der Waals surface area contributed by atoms with Crippen LogP contribution in [0.1, 0.15) is 40.8 Å². The number of ether oxygens (including phenoxy) is 2. The van der Waals surface area contributed by atoms with Crippen LogP contribution in [0, 0.1) is 20.8 Å². The third-order valence-electron chi connectivity index (χ3n) is 4.02. The first kappa shape index (κ1) is 19.5. The lowest BCUT2D eigenvalue weighted by molar-refractivity contribution is -0.145. The van der Waals surface area contributed by atoms with Crippen LogP contribution >= 0.6 is 0 Å². The fourth-order valence-electron chi connectivity index (χ4n) is 3.00. The summed E-state index contributed by atoms with van der Waals surface area (Å²) in [6.45, 7) is 7.92. The number of amides is 1. The Morgan fingerprint density at radius 1 is 1.00 bits per heavy atom. The lowest BCUT2D eigenvalue weighted by Crippen LogP contribution is -2.36. The monoisotopic (exact) mass is 355 g/mol. The van der Waals surface area contributed by atoms with Gasteiger partial charge in [-0.3, -0.25) is 0 Å². The maximum Gasteiger partial charge on any atom is 0.408 e. The van der Waals surface area contributed by atoms with Gasteiger partial charge in [0.05, 0.1) is 6.61 Å². The number of alkyl carbamates (subject to hydrolysis) is 1. The quantitative estimate of drug-likeness (QED) is 0.791. The van der Waals surface area contributed by atoms with Crippen molar-refractivity contribution in [1.82, 2.24) is 5.32 Å². The van der Waals surface area contributed by atoms with Gasteiger partial charge < -0.3 is 14.8 Å². The highest BCUT2D eigenvalue weighted by atomic mass is 16.6. The van der Waals surface area contributed by atoms with Crippen LogP contribution in [-0.2, 0) is 20.9 Å². The van der Waals surface area contributed by atoms with E-state index in [9.17, 15) is 9.59 Å². The highest BCUT2D eigenvalue weighted by Crippen LogP contribution is 2.25. The van der Waals surface area contributed by atoms with Crippen molar-refractivity contribution in [3.8, 4) is 0 Å². The number of nitrogens with one attached hydrogen (secondary N) is 1. The lowest BCUT2D eigenvalue weighted by Gasteiger charge is -2.21. The molecule has 0 saturated carbocycles. The summed E-state index contributed by atoms with van der Waals surface area (Å²) in [4.78, 5) is 24.7. The van der Waals surface area contributed by atoms with Gasteiger partial charge in [0, 0.05) is 0 Å². The molecule has 0 aliphatic heterocycles. The minimum Gasteiger partial charge on any atom is -0.464 e. The normalized spacial score (nSPS) is 11.5. The largest absolute Gasteiger partial charge is 0.464 e. The Balaban J connectivity index is 2.18. The van der Waals surface area contributed by atoms with E-state index in [1.807, 2.05) is 63.2 Å². The zero-order chi connectivity index (χ0) is 19.1. The van der Waals surface area contributed by atoms with Crippen LogP contribution in [0.3, 0.4) is 0 Å². The molecule has 1 N–H and O–H groups in total. The van der Waals surface area contributed by atoms with Crippen LogP contribution in [0.5, 0.6) is 0 Å². The number of aryl methyl sites for hydroxylation is 3. The molecule has 2 aromatic carbocycles. The minimum absolute atomic E-state index is 0.133. The molecule has 138 valence electrons. The second kappa shape index (κ2) is 9.04. The zero-order valence-corrected chi connectivity index (χ0v) is 15.7. The van der Waals surface area contributed by atoms with E-state index in [1.165, 1.54) is 0 Å². The molecule has 0 fully saturated rings. The number of rotatable bonds is 6. The van der Waals surface area contributed by atoms with Gasteiger partial charge >= 0.3 is 12.1 Å². The molecule has 0 aliphatic carbocycles. The molecule has 26 heavy (non-hydrogen) atoms. The van der Waals surface area contributed by atoms with Crippen molar-refractivity contribution in [2.75, 3.05) is 6.61 Å². The molecule has 0 bridgehead atoms. The van der Waals surface area contributed by atoms with Crippen LogP contribution in [0.2, 0.25) is 0 Å². The number of hydrogen-bond acceptors (Lipinski definition) is 4. The van der Waals surface area contributed by atoms with Gasteiger partial charge in [-0.1, -0.05) is 48.0 Å². The number of carbonyl (C=O) groups is 2. The van der Waals surface area contributed by atoms with Gasteiger partial charge in [-0.15, -0.1) is 0 Å². The van der Waals surface area contributed by atoms with Crippen LogP contribution in [-0.4, -0.2) is 18.7 Å². The van der Waals surface area contributed by atoms with Gasteiger partial charge in [-0.25, -0.2) is 9.59 Å².